The third kappa shape index (κ3) is 9.02. The molecule has 0 fully saturated rings. The number of thioether (sulfide) groups is 1. The molecule has 248 valence electrons. The van der Waals surface area contributed by atoms with Gasteiger partial charge in [0.25, 0.3) is 11.8 Å². The second kappa shape index (κ2) is 16.4. The number of thiophene rings is 1. The first-order valence-corrected chi connectivity index (χ1v) is 17.8. The number of aryl methyl sites for hydroxylation is 1. The monoisotopic (exact) mass is 681 g/mol. The largest absolute Gasteiger partial charge is 0.465 e. The van der Waals surface area contributed by atoms with Gasteiger partial charge >= 0.3 is 5.97 Å². The molecule has 0 spiro atoms. The molecule has 1 aliphatic carbocycles. The number of benzene rings is 3. The lowest BCUT2D eigenvalue weighted by molar-refractivity contribution is -0.114. The summed E-state index contributed by atoms with van der Waals surface area (Å²) in [5, 5.41) is 9.14. The van der Waals surface area contributed by atoms with Crippen LogP contribution in [-0.2, 0) is 27.2 Å². The number of carbonyl (C=O) groups excluding carboxylic acids is 4. The topological polar surface area (TPSA) is 114 Å². The van der Waals surface area contributed by atoms with Crippen molar-refractivity contribution in [3.63, 3.8) is 0 Å². The molecular weight excluding hydrogens is 643 g/mol. The highest BCUT2D eigenvalue weighted by Gasteiger charge is 2.26. The number of methoxy groups -OCH3 is 1. The molecule has 1 heterocycles. The predicted molar refractivity (Wildman–Crippen MR) is 194 cm³/mol. The van der Waals surface area contributed by atoms with E-state index >= 15 is 0 Å². The van der Waals surface area contributed by atoms with Gasteiger partial charge < -0.3 is 20.7 Å². The first kappa shape index (κ1) is 34.7. The van der Waals surface area contributed by atoms with E-state index in [1.165, 1.54) is 35.8 Å². The molecule has 0 radical (unpaired) electrons. The average Bonchev–Trinajstić information content (AvgIpc) is 3.26. The lowest BCUT2D eigenvalue weighted by Gasteiger charge is -2.13. The number of carbonyl (C=O) groups is 4. The third-order valence-corrected chi connectivity index (χ3v) is 10.2. The standard InChI is InChI=1S/C38H39N3O5S2/c1-24(2)26-19-17-25(18-20-26)21-31(40-35(43)27-11-6-4-7-12-27)36(44)39-28-13-10-14-29(22-28)47-23-33(42)41-37-34(38(45)46-3)30-15-8-5-9-16-32(30)48-37/h4,6-7,10-14,17-22,24H,5,8-9,15-16,23H2,1-3H3,(H,39,44)(H,40,43)(H,41,42)/b31-21+. The zero-order valence-corrected chi connectivity index (χ0v) is 28.9. The SMILES string of the molecule is COC(=O)c1c(NC(=O)CSc2cccc(NC(=O)/C(=C\c3ccc(C(C)C)cc3)NC(=O)c3ccccc3)c2)sc2c1CCCCC2. The fraction of sp³-hybridized carbons (Fsp3) is 0.263. The summed E-state index contributed by atoms with van der Waals surface area (Å²) in [4.78, 5) is 54.2. The minimum Gasteiger partial charge on any atom is -0.465 e. The van der Waals surface area contributed by atoms with Gasteiger partial charge in [0, 0.05) is 21.0 Å². The van der Waals surface area contributed by atoms with Crippen molar-refractivity contribution >= 4 is 63.6 Å². The van der Waals surface area contributed by atoms with Gasteiger partial charge in [-0.05, 0) is 84.7 Å². The molecule has 10 heteroatoms. The Hall–Kier alpha value is -4.67. The quantitative estimate of drug-likeness (QED) is 0.0639. The van der Waals surface area contributed by atoms with E-state index in [4.69, 9.17) is 4.74 Å². The minimum atomic E-state index is -0.486. The zero-order valence-electron chi connectivity index (χ0n) is 27.3. The van der Waals surface area contributed by atoms with Crippen LogP contribution >= 0.6 is 23.1 Å². The second-order valence-corrected chi connectivity index (χ2v) is 13.9. The van der Waals surface area contributed by atoms with E-state index in [-0.39, 0.29) is 17.4 Å². The minimum absolute atomic E-state index is 0.0920. The van der Waals surface area contributed by atoms with Crippen LogP contribution in [0.1, 0.15) is 81.3 Å². The molecule has 0 saturated heterocycles. The van der Waals surface area contributed by atoms with Crippen LogP contribution in [0.5, 0.6) is 0 Å². The van der Waals surface area contributed by atoms with Crippen molar-refractivity contribution < 1.29 is 23.9 Å². The Balaban J connectivity index is 1.27. The molecule has 48 heavy (non-hydrogen) atoms. The smallest absolute Gasteiger partial charge is 0.341 e. The first-order chi connectivity index (χ1) is 23.2. The van der Waals surface area contributed by atoms with Crippen molar-refractivity contribution in [1.82, 2.24) is 5.32 Å². The fourth-order valence-corrected chi connectivity index (χ4v) is 7.46. The second-order valence-electron chi connectivity index (χ2n) is 11.8. The molecule has 1 aromatic heterocycles. The number of rotatable bonds is 11. The van der Waals surface area contributed by atoms with Crippen LogP contribution in [0.2, 0.25) is 0 Å². The Morgan fingerprint density at radius 2 is 1.65 bits per heavy atom. The summed E-state index contributed by atoms with van der Waals surface area (Å²) >= 11 is 2.77. The van der Waals surface area contributed by atoms with E-state index in [1.54, 1.807) is 48.5 Å². The Kier molecular flexibility index (Phi) is 11.9. The molecule has 0 atom stereocenters. The van der Waals surface area contributed by atoms with Gasteiger partial charge in [0.05, 0.1) is 18.4 Å². The highest BCUT2D eigenvalue weighted by molar-refractivity contribution is 8.00. The first-order valence-electron chi connectivity index (χ1n) is 16.0. The van der Waals surface area contributed by atoms with Crippen molar-refractivity contribution in [2.24, 2.45) is 0 Å². The fourth-order valence-electron chi connectivity index (χ4n) is 5.41. The van der Waals surface area contributed by atoms with E-state index in [0.29, 0.717) is 27.7 Å². The van der Waals surface area contributed by atoms with E-state index in [2.05, 4.69) is 29.8 Å². The third-order valence-electron chi connectivity index (χ3n) is 7.97. The number of hydrogen-bond donors (Lipinski definition) is 3. The van der Waals surface area contributed by atoms with Gasteiger partial charge in [0.15, 0.2) is 0 Å². The summed E-state index contributed by atoms with van der Waals surface area (Å²) in [5.41, 5.74) is 4.44. The molecule has 3 amide bonds. The molecule has 0 saturated carbocycles. The summed E-state index contributed by atoms with van der Waals surface area (Å²) in [6.45, 7) is 4.22. The van der Waals surface area contributed by atoms with Crippen molar-refractivity contribution in [2.45, 2.75) is 56.8 Å². The summed E-state index contributed by atoms with van der Waals surface area (Å²) in [7, 11) is 1.36. The molecule has 3 N–H and O–H groups in total. The summed E-state index contributed by atoms with van der Waals surface area (Å²) < 4.78 is 5.05. The van der Waals surface area contributed by atoms with Crippen LogP contribution in [0.15, 0.2) is 89.5 Å². The molecule has 1 aliphatic rings. The Labute approximate surface area is 289 Å². The summed E-state index contributed by atoms with van der Waals surface area (Å²) in [6.07, 6.45) is 6.53. The predicted octanol–water partition coefficient (Wildman–Crippen LogP) is 8.07. The summed E-state index contributed by atoms with van der Waals surface area (Å²) in [5.74, 6) is -1.09. The normalized spacial score (nSPS) is 12.9. The van der Waals surface area contributed by atoms with Gasteiger partial charge in [0.1, 0.15) is 10.7 Å². The highest BCUT2D eigenvalue weighted by Crippen LogP contribution is 2.38. The molecule has 0 unspecified atom stereocenters. The Morgan fingerprint density at radius 3 is 2.38 bits per heavy atom. The van der Waals surface area contributed by atoms with E-state index in [1.807, 2.05) is 36.4 Å². The number of hydrogen-bond acceptors (Lipinski definition) is 7. The molecule has 3 aromatic carbocycles. The highest BCUT2D eigenvalue weighted by atomic mass is 32.2. The van der Waals surface area contributed by atoms with Gasteiger partial charge in [-0.25, -0.2) is 4.79 Å². The van der Waals surface area contributed by atoms with Gasteiger partial charge in [-0.15, -0.1) is 23.1 Å². The number of nitrogens with one attached hydrogen (secondary N) is 3. The maximum Gasteiger partial charge on any atom is 0.341 e. The molecule has 8 nitrogen and oxygen atoms in total. The van der Waals surface area contributed by atoms with Gasteiger partial charge in [-0.3, -0.25) is 14.4 Å². The number of amides is 3. The van der Waals surface area contributed by atoms with E-state index in [0.717, 1.165) is 53.0 Å². The number of esters is 1. The van der Waals surface area contributed by atoms with Crippen LogP contribution in [0.3, 0.4) is 0 Å². The van der Waals surface area contributed by atoms with E-state index < -0.39 is 17.8 Å². The lowest BCUT2D eigenvalue weighted by Crippen LogP contribution is -2.30. The molecule has 0 aliphatic heterocycles. The Morgan fingerprint density at radius 1 is 0.896 bits per heavy atom. The van der Waals surface area contributed by atoms with Crippen molar-refractivity contribution in [3.05, 3.63) is 117 Å². The lowest BCUT2D eigenvalue weighted by atomic mass is 10.0. The van der Waals surface area contributed by atoms with Crippen molar-refractivity contribution in [2.75, 3.05) is 23.5 Å². The van der Waals surface area contributed by atoms with E-state index in [9.17, 15) is 19.2 Å². The van der Waals surface area contributed by atoms with Gasteiger partial charge in [-0.2, -0.15) is 0 Å². The van der Waals surface area contributed by atoms with Gasteiger partial charge in [0.2, 0.25) is 5.91 Å². The van der Waals surface area contributed by atoms with Crippen LogP contribution in [0.25, 0.3) is 6.08 Å². The van der Waals surface area contributed by atoms with Gasteiger partial charge in [-0.1, -0.05) is 68.8 Å². The number of fused-ring (bicyclic) bond motifs is 1. The zero-order chi connectivity index (χ0) is 34.0. The number of ether oxygens (including phenoxy) is 1. The van der Waals surface area contributed by atoms with Crippen LogP contribution in [0, 0.1) is 0 Å². The molecule has 4 aromatic rings. The maximum atomic E-state index is 13.6. The molecule has 0 bridgehead atoms. The van der Waals surface area contributed by atoms with Crippen LogP contribution < -0.4 is 16.0 Å². The summed E-state index contributed by atoms with van der Waals surface area (Å²) in [6, 6.07) is 23.7. The van der Waals surface area contributed by atoms with Crippen LogP contribution in [0.4, 0.5) is 10.7 Å². The maximum absolute atomic E-state index is 13.6. The number of anilines is 2. The Bertz CT molecular complexity index is 1810. The van der Waals surface area contributed by atoms with Crippen molar-refractivity contribution in [1.29, 1.82) is 0 Å². The van der Waals surface area contributed by atoms with Crippen LogP contribution in [-0.4, -0.2) is 36.6 Å². The van der Waals surface area contributed by atoms with Crippen molar-refractivity contribution in [3.8, 4) is 0 Å². The molecular formula is C38H39N3O5S2. The molecule has 5 rings (SSSR count). The average molecular weight is 682 g/mol.